The van der Waals surface area contributed by atoms with Crippen LogP contribution < -0.4 is 4.74 Å². The number of hydrogen-bond donors (Lipinski definition) is 0. The molecule has 0 unspecified atom stereocenters. The van der Waals surface area contributed by atoms with Crippen LogP contribution in [0.1, 0.15) is 24.3 Å². The van der Waals surface area contributed by atoms with Crippen LogP contribution in [0.15, 0.2) is 57.9 Å². The maximum atomic E-state index is 11.7. The molecule has 0 atom stereocenters. The Morgan fingerprint density at radius 1 is 1.00 bits per heavy atom. The molecule has 1 aliphatic rings. The van der Waals surface area contributed by atoms with E-state index in [1.54, 1.807) is 31.4 Å². The van der Waals surface area contributed by atoms with Crippen molar-refractivity contribution in [1.29, 1.82) is 0 Å². The molecule has 0 bridgehead atoms. The van der Waals surface area contributed by atoms with Gasteiger partial charge in [-0.05, 0) is 54.8 Å². The fourth-order valence-electron chi connectivity index (χ4n) is 3.64. The van der Waals surface area contributed by atoms with Crippen LogP contribution in [-0.2, 0) is 20.0 Å². The normalized spacial score (nSPS) is 16.5. The minimum atomic E-state index is -3.25. The summed E-state index contributed by atoms with van der Waals surface area (Å²) in [6.07, 6.45) is 2.64. The number of methoxy groups -OCH3 is 1. The Morgan fingerprint density at radius 3 is 2.24 bits per heavy atom. The third kappa shape index (κ3) is 3.77. The number of ether oxygens (including phenoxy) is 2. The first-order chi connectivity index (χ1) is 13.9. The Kier molecular flexibility index (Phi) is 5.14. The van der Waals surface area contributed by atoms with Gasteiger partial charge in [0.2, 0.25) is 11.7 Å². The standard InChI is InChI=1S/C21H22N2O5S/c1-26-17-7-5-16(6-8-17)21(11-13-27-14-12-21)20-22-19(23-28-20)15-3-9-18(10-4-15)29(2,24)25/h3-10H,11-14H2,1-2H3. The largest absolute Gasteiger partial charge is 0.497 e. The molecule has 7 nitrogen and oxygen atoms in total. The molecule has 1 aromatic heterocycles. The number of nitrogens with zero attached hydrogens (tertiary/aromatic N) is 2. The molecule has 0 saturated carbocycles. The molecule has 4 rings (SSSR count). The number of aromatic nitrogens is 2. The van der Waals surface area contributed by atoms with Crippen LogP contribution in [0.5, 0.6) is 5.75 Å². The van der Waals surface area contributed by atoms with Crippen LogP contribution in [0.25, 0.3) is 11.4 Å². The highest BCUT2D eigenvalue weighted by molar-refractivity contribution is 7.90. The highest BCUT2D eigenvalue weighted by atomic mass is 32.2. The van der Waals surface area contributed by atoms with E-state index in [0.29, 0.717) is 30.5 Å². The van der Waals surface area contributed by atoms with Gasteiger partial charge in [0, 0.05) is 25.0 Å². The van der Waals surface area contributed by atoms with Gasteiger partial charge in [-0.3, -0.25) is 0 Å². The molecular formula is C21H22N2O5S. The van der Waals surface area contributed by atoms with E-state index in [1.165, 1.54) is 6.26 Å². The zero-order valence-corrected chi connectivity index (χ0v) is 17.1. The summed E-state index contributed by atoms with van der Waals surface area (Å²) in [4.78, 5) is 4.93. The quantitative estimate of drug-likeness (QED) is 0.633. The lowest BCUT2D eigenvalue weighted by Crippen LogP contribution is -2.35. The van der Waals surface area contributed by atoms with Crippen molar-refractivity contribution in [3.8, 4) is 17.1 Å². The van der Waals surface area contributed by atoms with Crippen LogP contribution in [0.4, 0.5) is 0 Å². The second-order valence-electron chi connectivity index (χ2n) is 7.14. The summed E-state index contributed by atoms with van der Waals surface area (Å²) < 4.78 is 39.9. The zero-order chi connectivity index (χ0) is 20.5. The van der Waals surface area contributed by atoms with Gasteiger partial charge in [-0.1, -0.05) is 17.3 Å². The van der Waals surface area contributed by atoms with Gasteiger partial charge in [0.15, 0.2) is 9.84 Å². The van der Waals surface area contributed by atoms with Gasteiger partial charge >= 0.3 is 0 Å². The van der Waals surface area contributed by atoms with Crippen LogP contribution in [0.3, 0.4) is 0 Å². The number of hydrogen-bond acceptors (Lipinski definition) is 7. The monoisotopic (exact) mass is 414 g/mol. The molecule has 0 N–H and O–H groups in total. The van der Waals surface area contributed by atoms with E-state index in [9.17, 15) is 8.42 Å². The van der Waals surface area contributed by atoms with E-state index in [4.69, 9.17) is 14.0 Å². The summed E-state index contributed by atoms with van der Waals surface area (Å²) in [7, 11) is -1.62. The first kappa shape index (κ1) is 19.6. The van der Waals surface area contributed by atoms with Gasteiger partial charge in [0.25, 0.3) is 0 Å². The first-order valence-corrected chi connectivity index (χ1v) is 11.2. The van der Waals surface area contributed by atoms with Crippen molar-refractivity contribution in [2.45, 2.75) is 23.2 Å². The molecule has 1 saturated heterocycles. The van der Waals surface area contributed by atoms with Gasteiger partial charge in [-0.2, -0.15) is 4.98 Å². The lowest BCUT2D eigenvalue weighted by molar-refractivity contribution is 0.0523. The van der Waals surface area contributed by atoms with Crippen molar-refractivity contribution in [1.82, 2.24) is 10.1 Å². The van der Waals surface area contributed by atoms with E-state index in [2.05, 4.69) is 10.1 Å². The molecule has 8 heteroatoms. The first-order valence-electron chi connectivity index (χ1n) is 9.29. The Hall–Kier alpha value is -2.71. The molecule has 1 fully saturated rings. The Morgan fingerprint density at radius 2 is 1.66 bits per heavy atom. The highest BCUT2D eigenvalue weighted by Crippen LogP contribution is 2.41. The molecule has 2 aromatic carbocycles. The number of rotatable bonds is 5. The summed E-state index contributed by atoms with van der Waals surface area (Å²) in [6.45, 7) is 1.21. The molecule has 0 amide bonds. The van der Waals surface area contributed by atoms with E-state index in [1.807, 2.05) is 24.3 Å². The van der Waals surface area contributed by atoms with Gasteiger partial charge in [0.05, 0.1) is 17.4 Å². The minimum absolute atomic E-state index is 0.254. The van der Waals surface area contributed by atoms with Crippen LogP contribution in [0, 0.1) is 0 Å². The van der Waals surface area contributed by atoms with Gasteiger partial charge in [-0.15, -0.1) is 0 Å². The predicted octanol–water partition coefficient (Wildman–Crippen LogP) is 3.25. The molecule has 29 heavy (non-hydrogen) atoms. The van der Waals surface area contributed by atoms with Crippen molar-refractivity contribution in [3.63, 3.8) is 0 Å². The molecule has 0 radical (unpaired) electrons. The fraction of sp³-hybridized carbons (Fsp3) is 0.333. The van der Waals surface area contributed by atoms with Gasteiger partial charge in [-0.25, -0.2) is 8.42 Å². The number of sulfone groups is 1. The molecule has 0 spiro atoms. The molecule has 152 valence electrons. The fourth-order valence-corrected chi connectivity index (χ4v) is 4.27. The van der Waals surface area contributed by atoms with Crippen LogP contribution in [-0.4, -0.2) is 45.1 Å². The van der Waals surface area contributed by atoms with E-state index in [-0.39, 0.29) is 4.90 Å². The maximum Gasteiger partial charge on any atom is 0.237 e. The highest BCUT2D eigenvalue weighted by Gasteiger charge is 2.41. The van der Waals surface area contributed by atoms with Gasteiger partial charge in [0.1, 0.15) is 5.75 Å². The smallest absolute Gasteiger partial charge is 0.237 e. The molecular weight excluding hydrogens is 392 g/mol. The molecule has 3 aromatic rings. The van der Waals surface area contributed by atoms with Crippen molar-refractivity contribution in [2.24, 2.45) is 0 Å². The SMILES string of the molecule is COc1ccc(C2(c3nc(-c4ccc(S(C)(=O)=O)cc4)no3)CCOCC2)cc1. The van der Waals surface area contributed by atoms with E-state index >= 15 is 0 Å². The molecule has 1 aliphatic heterocycles. The minimum Gasteiger partial charge on any atom is -0.497 e. The summed E-state index contributed by atoms with van der Waals surface area (Å²) in [6, 6.07) is 14.4. The zero-order valence-electron chi connectivity index (χ0n) is 16.3. The number of benzene rings is 2. The molecule has 0 aliphatic carbocycles. The summed E-state index contributed by atoms with van der Waals surface area (Å²) in [5.41, 5.74) is 1.34. The van der Waals surface area contributed by atoms with E-state index in [0.717, 1.165) is 24.2 Å². The van der Waals surface area contributed by atoms with Crippen molar-refractivity contribution >= 4 is 9.84 Å². The van der Waals surface area contributed by atoms with Crippen molar-refractivity contribution in [2.75, 3.05) is 26.6 Å². The average Bonchev–Trinajstić information content (AvgIpc) is 3.25. The third-order valence-electron chi connectivity index (χ3n) is 5.37. The second-order valence-corrected chi connectivity index (χ2v) is 9.16. The van der Waals surface area contributed by atoms with Crippen LogP contribution in [0.2, 0.25) is 0 Å². The predicted molar refractivity (Wildman–Crippen MR) is 107 cm³/mol. The lowest BCUT2D eigenvalue weighted by atomic mass is 9.74. The summed E-state index contributed by atoms with van der Waals surface area (Å²) in [5.74, 6) is 1.75. The van der Waals surface area contributed by atoms with Crippen molar-refractivity contribution in [3.05, 3.63) is 60.0 Å². The Labute approximate surface area is 169 Å². The lowest BCUT2D eigenvalue weighted by Gasteiger charge is -2.34. The Bertz CT molecular complexity index is 1080. The third-order valence-corrected chi connectivity index (χ3v) is 6.49. The van der Waals surface area contributed by atoms with Crippen molar-refractivity contribution < 1.29 is 22.4 Å². The second kappa shape index (κ2) is 7.61. The van der Waals surface area contributed by atoms with Crippen LogP contribution >= 0.6 is 0 Å². The summed E-state index contributed by atoms with van der Waals surface area (Å²) >= 11 is 0. The topological polar surface area (TPSA) is 91.5 Å². The summed E-state index contributed by atoms with van der Waals surface area (Å²) in [5, 5.41) is 4.16. The maximum absolute atomic E-state index is 11.7. The Balaban J connectivity index is 1.71. The average molecular weight is 414 g/mol. The molecule has 2 heterocycles. The van der Waals surface area contributed by atoms with E-state index < -0.39 is 15.3 Å². The van der Waals surface area contributed by atoms with Gasteiger partial charge < -0.3 is 14.0 Å².